The van der Waals surface area contributed by atoms with E-state index in [0.717, 1.165) is 19.5 Å². The summed E-state index contributed by atoms with van der Waals surface area (Å²) in [6.45, 7) is 4.17. The van der Waals surface area contributed by atoms with Gasteiger partial charge in [-0.3, -0.25) is 9.59 Å². The van der Waals surface area contributed by atoms with Gasteiger partial charge in [-0.2, -0.15) is 0 Å². The van der Waals surface area contributed by atoms with E-state index >= 15 is 0 Å². The Kier molecular flexibility index (Phi) is 8.88. The lowest BCUT2D eigenvalue weighted by Crippen LogP contribution is -2.34. The fourth-order valence-corrected chi connectivity index (χ4v) is 3.22. The molecule has 146 valence electrons. The fraction of sp³-hybridized carbons (Fsp3) is 0.579. The Bertz CT molecular complexity index is 616. The second-order valence-corrected chi connectivity index (χ2v) is 6.95. The van der Waals surface area contributed by atoms with Gasteiger partial charge >= 0.3 is 0 Å². The second kappa shape index (κ2) is 10.4. The number of piperidine rings is 1. The topological polar surface area (TPSA) is 70.7 Å². The summed E-state index contributed by atoms with van der Waals surface area (Å²) in [5.41, 5.74) is 1.06. The monoisotopic (exact) mass is 383 g/mol. The summed E-state index contributed by atoms with van der Waals surface area (Å²) in [6, 6.07) is 5.08. The largest absolute Gasteiger partial charge is 0.495 e. The van der Waals surface area contributed by atoms with Gasteiger partial charge in [0.25, 0.3) is 5.91 Å². The molecule has 0 spiro atoms. The third-order valence-corrected chi connectivity index (χ3v) is 4.77. The highest BCUT2D eigenvalue weighted by Gasteiger charge is 2.22. The van der Waals surface area contributed by atoms with E-state index < -0.39 is 0 Å². The van der Waals surface area contributed by atoms with Gasteiger partial charge in [0.1, 0.15) is 5.75 Å². The summed E-state index contributed by atoms with van der Waals surface area (Å²) < 4.78 is 5.31. The Morgan fingerprint density at radius 1 is 1.38 bits per heavy atom. The van der Waals surface area contributed by atoms with Crippen LogP contribution < -0.4 is 15.4 Å². The predicted octanol–water partition coefficient (Wildman–Crippen LogP) is 2.78. The minimum Gasteiger partial charge on any atom is -0.495 e. The van der Waals surface area contributed by atoms with Gasteiger partial charge in [-0.25, -0.2) is 0 Å². The van der Waals surface area contributed by atoms with Gasteiger partial charge in [0.15, 0.2) is 0 Å². The maximum absolute atomic E-state index is 12.5. The molecule has 0 aliphatic carbocycles. The van der Waals surface area contributed by atoms with Crippen molar-refractivity contribution in [3.05, 3.63) is 23.8 Å². The smallest absolute Gasteiger partial charge is 0.253 e. The number of hydrogen-bond acceptors (Lipinski definition) is 4. The molecule has 0 bridgehead atoms. The molecule has 7 heteroatoms. The molecule has 2 rings (SSSR count). The van der Waals surface area contributed by atoms with Gasteiger partial charge in [-0.05, 0) is 56.0 Å². The van der Waals surface area contributed by atoms with Crippen LogP contribution in [-0.2, 0) is 4.79 Å². The average Bonchev–Trinajstić information content (AvgIpc) is 2.61. The minimum absolute atomic E-state index is 0. The molecule has 2 N–H and O–H groups in total. The van der Waals surface area contributed by atoms with E-state index in [1.54, 1.807) is 39.4 Å². The Morgan fingerprint density at radius 3 is 2.69 bits per heavy atom. The number of carbonyl (C=O) groups excluding carboxylic acids is 2. The van der Waals surface area contributed by atoms with Crippen molar-refractivity contribution in [3.63, 3.8) is 0 Å². The minimum atomic E-state index is -0.111. The second-order valence-electron chi connectivity index (χ2n) is 6.95. The number of benzene rings is 1. The van der Waals surface area contributed by atoms with E-state index in [9.17, 15) is 9.59 Å². The number of nitrogens with zero attached hydrogens (tertiary/aromatic N) is 1. The third-order valence-electron chi connectivity index (χ3n) is 4.77. The van der Waals surface area contributed by atoms with Crippen molar-refractivity contribution in [2.75, 3.05) is 39.6 Å². The lowest BCUT2D eigenvalue weighted by molar-refractivity contribution is -0.117. The van der Waals surface area contributed by atoms with Crippen LogP contribution >= 0.6 is 12.4 Å². The highest BCUT2D eigenvalue weighted by molar-refractivity contribution is 5.98. The van der Waals surface area contributed by atoms with E-state index in [1.165, 1.54) is 11.3 Å². The van der Waals surface area contributed by atoms with Crippen molar-refractivity contribution >= 4 is 29.9 Å². The molecule has 1 saturated heterocycles. The molecule has 1 aliphatic rings. The number of ether oxygens (including phenoxy) is 1. The molecule has 1 fully saturated rings. The van der Waals surface area contributed by atoms with Crippen LogP contribution in [0.2, 0.25) is 0 Å². The summed E-state index contributed by atoms with van der Waals surface area (Å²) in [5.74, 6) is 1.23. The molecular weight excluding hydrogens is 354 g/mol. The summed E-state index contributed by atoms with van der Waals surface area (Å²) in [7, 11) is 4.95. The molecule has 2 unspecified atom stereocenters. The highest BCUT2D eigenvalue weighted by atomic mass is 35.5. The molecule has 26 heavy (non-hydrogen) atoms. The lowest BCUT2D eigenvalue weighted by Gasteiger charge is -2.28. The van der Waals surface area contributed by atoms with Crippen molar-refractivity contribution in [3.8, 4) is 5.75 Å². The number of rotatable bonds is 6. The number of halogens is 1. The van der Waals surface area contributed by atoms with Crippen LogP contribution in [0.3, 0.4) is 0 Å². The molecule has 2 amide bonds. The zero-order chi connectivity index (χ0) is 18.4. The number of anilines is 1. The van der Waals surface area contributed by atoms with Gasteiger partial charge in [0.05, 0.1) is 12.8 Å². The molecule has 0 aromatic heterocycles. The van der Waals surface area contributed by atoms with Crippen molar-refractivity contribution in [1.29, 1.82) is 0 Å². The molecule has 1 aromatic rings. The normalized spacial score (nSPS) is 17.6. The molecule has 0 radical (unpaired) electrons. The highest BCUT2D eigenvalue weighted by Crippen LogP contribution is 2.28. The Morgan fingerprint density at radius 2 is 2.12 bits per heavy atom. The molecule has 0 saturated carbocycles. The molecule has 2 atom stereocenters. The summed E-state index contributed by atoms with van der Waals surface area (Å²) in [4.78, 5) is 26.1. The van der Waals surface area contributed by atoms with Crippen molar-refractivity contribution in [2.45, 2.75) is 26.2 Å². The molecule has 6 nitrogen and oxygen atoms in total. The first-order valence-corrected chi connectivity index (χ1v) is 8.82. The first kappa shape index (κ1) is 22.3. The van der Waals surface area contributed by atoms with Crippen LogP contribution in [0.4, 0.5) is 5.69 Å². The van der Waals surface area contributed by atoms with E-state index in [0.29, 0.717) is 35.3 Å². The van der Waals surface area contributed by atoms with Crippen LogP contribution in [0.15, 0.2) is 18.2 Å². The quantitative estimate of drug-likeness (QED) is 0.792. The third kappa shape index (κ3) is 5.88. The Hall–Kier alpha value is -1.79. The van der Waals surface area contributed by atoms with Crippen LogP contribution in [0.5, 0.6) is 5.75 Å². The lowest BCUT2D eigenvalue weighted by atomic mass is 9.85. The Balaban J connectivity index is 0.00000338. The fourth-order valence-electron chi connectivity index (χ4n) is 3.22. The molecule has 1 aromatic carbocycles. The van der Waals surface area contributed by atoms with E-state index in [1.807, 2.05) is 0 Å². The summed E-state index contributed by atoms with van der Waals surface area (Å²) >= 11 is 0. The molecule has 1 heterocycles. The van der Waals surface area contributed by atoms with E-state index in [2.05, 4.69) is 17.6 Å². The number of carbonyl (C=O) groups is 2. The van der Waals surface area contributed by atoms with Crippen LogP contribution in [0.25, 0.3) is 0 Å². The number of nitrogens with one attached hydrogen (secondary N) is 2. The first-order valence-electron chi connectivity index (χ1n) is 8.82. The molecule has 1 aliphatic heterocycles. The summed E-state index contributed by atoms with van der Waals surface area (Å²) in [5, 5.41) is 6.30. The van der Waals surface area contributed by atoms with Gasteiger partial charge < -0.3 is 20.3 Å². The van der Waals surface area contributed by atoms with Gasteiger partial charge in [-0.15, -0.1) is 12.4 Å². The molecular formula is C19H30ClN3O3. The van der Waals surface area contributed by atoms with Gasteiger partial charge in [0.2, 0.25) is 5.91 Å². The maximum Gasteiger partial charge on any atom is 0.253 e. The maximum atomic E-state index is 12.5. The predicted molar refractivity (Wildman–Crippen MR) is 106 cm³/mol. The standard InChI is InChI=1S/C19H29N3O3.ClH/c1-13(15-6-5-9-20-12-15)10-18(23)21-16-11-14(19(24)22(2)3)7-8-17(16)25-4;/h7-8,11,13,15,20H,5-6,9-10,12H2,1-4H3,(H,21,23);1H. The SMILES string of the molecule is COc1ccc(C(=O)N(C)C)cc1NC(=O)CC(C)C1CCCNC1.Cl. The zero-order valence-electron chi connectivity index (χ0n) is 16.0. The van der Waals surface area contributed by atoms with E-state index in [4.69, 9.17) is 4.74 Å². The number of amides is 2. The number of hydrogen-bond donors (Lipinski definition) is 2. The van der Waals surface area contributed by atoms with Crippen molar-refractivity contribution in [2.24, 2.45) is 11.8 Å². The summed E-state index contributed by atoms with van der Waals surface area (Å²) in [6.07, 6.45) is 2.79. The van der Waals surface area contributed by atoms with Crippen LogP contribution in [0.1, 0.15) is 36.5 Å². The van der Waals surface area contributed by atoms with Gasteiger partial charge in [-0.1, -0.05) is 6.92 Å². The van der Waals surface area contributed by atoms with Crippen LogP contribution in [0, 0.1) is 11.8 Å². The average molecular weight is 384 g/mol. The zero-order valence-corrected chi connectivity index (χ0v) is 16.8. The number of methoxy groups -OCH3 is 1. The van der Waals surface area contributed by atoms with Crippen LogP contribution in [-0.4, -0.2) is 51.0 Å². The van der Waals surface area contributed by atoms with Gasteiger partial charge in [0, 0.05) is 26.1 Å². The van der Waals surface area contributed by atoms with Crippen molar-refractivity contribution < 1.29 is 14.3 Å². The van der Waals surface area contributed by atoms with E-state index in [-0.39, 0.29) is 24.2 Å². The first-order chi connectivity index (χ1) is 11.9. The van der Waals surface area contributed by atoms with Crippen molar-refractivity contribution in [1.82, 2.24) is 10.2 Å². The Labute approximate surface area is 162 Å².